The molecule has 1 unspecified atom stereocenters. The Morgan fingerprint density at radius 2 is 1.02 bits per heavy atom. The van der Waals surface area contributed by atoms with E-state index in [9.17, 15) is 18.2 Å². The summed E-state index contributed by atoms with van der Waals surface area (Å²) in [6.07, 6.45) is 7.88. The van der Waals surface area contributed by atoms with Gasteiger partial charge in [0.25, 0.3) is 0 Å². The lowest BCUT2D eigenvalue weighted by Crippen LogP contribution is -2.36. The van der Waals surface area contributed by atoms with Gasteiger partial charge in [0, 0.05) is 43.1 Å². The molecule has 2 saturated heterocycles. The van der Waals surface area contributed by atoms with Gasteiger partial charge in [0.2, 0.25) is 11.8 Å². The van der Waals surface area contributed by atoms with E-state index in [4.69, 9.17) is 14.6 Å². The normalized spacial score (nSPS) is 13.6. The summed E-state index contributed by atoms with van der Waals surface area (Å²) in [5, 5.41) is 9.33. The van der Waals surface area contributed by atoms with E-state index in [-0.39, 0.29) is 11.8 Å². The molecule has 6 rings (SSSR count). The van der Waals surface area contributed by atoms with Crippen molar-refractivity contribution in [2.75, 3.05) is 51.2 Å². The number of ether oxygens (including phenoxy) is 2. The number of nitrogens with zero attached hydrogens (tertiary/aromatic N) is 2. The van der Waals surface area contributed by atoms with Crippen molar-refractivity contribution in [3.05, 3.63) is 108 Å². The van der Waals surface area contributed by atoms with Crippen molar-refractivity contribution in [2.45, 2.75) is 86.0 Å². The Morgan fingerprint density at radius 1 is 0.661 bits per heavy atom. The predicted molar refractivity (Wildman–Crippen MR) is 246 cm³/mol. The van der Waals surface area contributed by atoms with Gasteiger partial charge in [-0.15, -0.1) is 0 Å². The van der Waals surface area contributed by atoms with Crippen LogP contribution in [0, 0.1) is 13.8 Å². The largest absolute Gasteiger partial charge is 0.492 e. The Kier molecular flexibility index (Phi) is 26.5. The minimum atomic E-state index is -1.74. The fourth-order valence-electron chi connectivity index (χ4n) is 6.39. The third kappa shape index (κ3) is 20.1. The molecule has 2 amide bonds. The average Bonchev–Trinajstić information content (AvgIpc) is 3.28. The number of piperidine rings is 2. The predicted octanol–water partition coefficient (Wildman–Crippen LogP) is 10.1. The molecule has 2 aliphatic heterocycles. The minimum absolute atomic E-state index is 0.211. The first kappa shape index (κ1) is 50.9. The second kappa shape index (κ2) is 30.8. The second-order valence-corrected chi connectivity index (χ2v) is 15.6. The number of nitrogens with two attached hydrogens (primary N) is 2. The van der Waals surface area contributed by atoms with Gasteiger partial charge >= 0.3 is 0 Å². The number of carbonyl (C=O) groups excluding carboxylic acids is 2. The van der Waals surface area contributed by atoms with Crippen LogP contribution in [0.25, 0.3) is 22.3 Å². The van der Waals surface area contributed by atoms with Crippen LogP contribution in [0.15, 0.2) is 97.1 Å². The number of hydrogen-bond acceptors (Lipinski definition) is 7. The zero-order chi connectivity index (χ0) is 43.3. The molecule has 59 heavy (non-hydrogen) atoms. The number of rotatable bonds is 12. The van der Waals surface area contributed by atoms with Crippen molar-refractivity contribution >= 4 is 34.7 Å². The van der Waals surface area contributed by atoms with Gasteiger partial charge in [-0.3, -0.25) is 14.7 Å². The lowest BCUT2D eigenvalue weighted by atomic mass is 10.0. The molecule has 0 saturated carbocycles. The van der Waals surface area contributed by atoms with Gasteiger partial charge in [-0.05, 0) is 75.6 Å². The van der Waals surface area contributed by atoms with Crippen molar-refractivity contribution < 1.29 is 27.7 Å². The van der Waals surface area contributed by atoms with Gasteiger partial charge < -0.3 is 19.3 Å². The molecular weight excluding hydrogens is 784 g/mol. The number of halogens is 1. The molecule has 12 heteroatoms. The van der Waals surface area contributed by atoms with Crippen LogP contribution in [0.1, 0.15) is 83.3 Å². The van der Waals surface area contributed by atoms with E-state index in [1.807, 2.05) is 67.0 Å². The summed E-state index contributed by atoms with van der Waals surface area (Å²) < 4.78 is 31.9. The number of carbonyl (C=O) groups is 2. The monoisotopic (exact) mass is 850 g/mol. The highest BCUT2D eigenvalue weighted by Gasteiger charge is 2.18. The molecule has 0 spiro atoms. The van der Waals surface area contributed by atoms with Crippen LogP contribution in [0.2, 0.25) is 0 Å². The van der Waals surface area contributed by atoms with Crippen molar-refractivity contribution in [2.24, 2.45) is 10.3 Å². The van der Waals surface area contributed by atoms with Crippen molar-refractivity contribution in [1.29, 1.82) is 0 Å². The summed E-state index contributed by atoms with van der Waals surface area (Å²) in [4.78, 5) is 28.4. The maximum atomic E-state index is 12.2. The molecule has 0 aliphatic carbocycles. The van der Waals surface area contributed by atoms with E-state index in [1.165, 1.54) is 35.9 Å². The van der Waals surface area contributed by atoms with E-state index in [0.29, 0.717) is 26.1 Å². The molecule has 1 atom stereocenters. The maximum Gasteiger partial charge on any atom is 0.225 e. The first-order valence-corrected chi connectivity index (χ1v) is 23.2. The summed E-state index contributed by atoms with van der Waals surface area (Å²) in [6.45, 7) is 14.7. The molecule has 0 aromatic heterocycles. The quantitative estimate of drug-likeness (QED) is 0.136. The number of amides is 2. The average molecular weight is 851 g/mol. The number of aryl methyl sites for hydroxylation is 2. The zero-order valence-corrected chi connectivity index (χ0v) is 37.5. The summed E-state index contributed by atoms with van der Waals surface area (Å²) in [6, 6.07) is 31.9. The number of likely N-dealkylation sites (tertiary alicyclic amines) is 2. The van der Waals surface area contributed by atoms with Gasteiger partial charge in [-0.1, -0.05) is 129 Å². The maximum absolute atomic E-state index is 12.2. The summed E-state index contributed by atoms with van der Waals surface area (Å²) in [7, 11) is -1.74. The second-order valence-electron chi connectivity index (χ2n) is 13.8. The highest BCUT2D eigenvalue weighted by Crippen LogP contribution is 2.31. The molecule has 4 N–H and O–H groups in total. The molecule has 4 aromatic carbocycles. The van der Waals surface area contributed by atoms with Crippen LogP contribution in [0.3, 0.4) is 0 Å². The third-order valence-corrected chi connectivity index (χ3v) is 9.82. The fourth-order valence-corrected chi connectivity index (χ4v) is 6.39. The number of para-hydroxylation sites is 2. The van der Waals surface area contributed by atoms with E-state index in [2.05, 4.69) is 79.7 Å². The van der Waals surface area contributed by atoms with Gasteiger partial charge in [0.15, 0.2) is 6.01 Å². The molecule has 4 aromatic rings. The van der Waals surface area contributed by atoms with E-state index in [0.717, 1.165) is 91.4 Å². The number of alkyl halides is 1. The number of benzene rings is 4. The van der Waals surface area contributed by atoms with Gasteiger partial charge in [-0.2, -0.15) is 0 Å². The van der Waals surface area contributed by atoms with Crippen molar-refractivity contribution in [3.8, 4) is 33.8 Å². The van der Waals surface area contributed by atoms with E-state index < -0.39 is 17.0 Å². The highest BCUT2D eigenvalue weighted by molar-refractivity contribution is 7.97. The van der Waals surface area contributed by atoms with Gasteiger partial charge in [0.1, 0.15) is 22.5 Å². The Balaban J connectivity index is 0.000000326. The van der Waals surface area contributed by atoms with E-state index in [1.54, 1.807) is 0 Å². The Hall–Kier alpha value is -4.23. The molecule has 0 bridgehead atoms. The Morgan fingerprint density at radius 3 is 1.34 bits per heavy atom. The molecule has 9 nitrogen and oxygen atoms in total. The molecule has 324 valence electrons. The van der Waals surface area contributed by atoms with Crippen LogP contribution in [0.5, 0.6) is 11.5 Å². The topological polar surface area (TPSA) is 128 Å². The summed E-state index contributed by atoms with van der Waals surface area (Å²) >= 11 is 1.36. The molecule has 2 fully saturated rings. The van der Waals surface area contributed by atoms with Crippen LogP contribution in [0.4, 0.5) is 4.39 Å². The summed E-state index contributed by atoms with van der Waals surface area (Å²) in [5.41, 5.74) is 6.89. The third-order valence-electron chi connectivity index (χ3n) is 9.27. The standard InChI is InChI=1S/2C21H25NO2.C2H7NS.C2H6.CH4FNOS/c2*1-17-8-7-9-18(16-17)19-10-3-4-11-20(19)24-15-12-21(23)22-13-5-2-6-14-22;1-2-4-3;1-2;2-1-5(3)4/h2*3-4,7-11,16H,2,5-6,12-15H2,1H3;2-3H2,1H3;1-2H3;1,3H2. The highest BCUT2D eigenvalue weighted by atomic mass is 32.2. The fraction of sp³-hybridized carbons (Fsp3) is 0.447. The van der Waals surface area contributed by atoms with Crippen LogP contribution in [-0.4, -0.2) is 77.0 Å². The van der Waals surface area contributed by atoms with Crippen LogP contribution < -0.4 is 19.8 Å². The summed E-state index contributed by atoms with van der Waals surface area (Å²) in [5.74, 6) is 3.12. The van der Waals surface area contributed by atoms with Crippen LogP contribution >= 0.6 is 11.9 Å². The molecule has 2 aliphatic rings. The minimum Gasteiger partial charge on any atom is -0.492 e. The smallest absolute Gasteiger partial charge is 0.225 e. The Bertz CT molecular complexity index is 1680. The molecule has 0 radical (unpaired) electrons. The zero-order valence-electron chi connectivity index (χ0n) is 35.8. The lowest BCUT2D eigenvalue weighted by Gasteiger charge is -2.26. The SMILES string of the molecule is CC.CCSN.Cc1cccc(-c2ccccc2OCCC(=O)N2CCCCC2)c1.Cc1cccc(-c2ccccc2OCCC(=O)N2CCCCC2)c1.NS(=O)CF. The lowest BCUT2D eigenvalue weighted by molar-refractivity contribution is -0.133. The van der Waals surface area contributed by atoms with Crippen molar-refractivity contribution in [1.82, 2.24) is 9.80 Å². The van der Waals surface area contributed by atoms with Crippen molar-refractivity contribution in [3.63, 3.8) is 0 Å². The van der Waals surface area contributed by atoms with Crippen LogP contribution in [-0.2, 0) is 20.6 Å². The van der Waals surface area contributed by atoms with Gasteiger partial charge in [0.05, 0.1) is 26.1 Å². The number of hydrogen-bond donors (Lipinski definition) is 2. The first-order chi connectivity index (χ1) is 28.7. The first-order valence-electron chi connectivity index (χ1n) is 20.8. The van der Waals surface area contributed by atoms with E-state index >= 15 is 0 Å². The Labute approximate surface area is 360 Å². The molecular formula is C47H67FN4O5S2. The molecule has 2 heterocycles. The van der Waals surface area contributed by atoms with Gasteiger partial charge in [-0.25, -0.2) is 13.7 Å².